The number of likely N-dealkylation sites (tertiary alicyclic amines) is 1. The minimum Gasteiger partial charge on any atom is -0.371 e. The molecule has 5 heteroatoms. The fourth-order valence-electron chi connectivity index (χ4n) is 3.56. The summed E-state index contributed by atoms with van der Waals surface area (Å²) in [6.07, 6.45) is 6.12. The standard InChI is InChI=1S/C21H26N4O/c1-24(18-5-3-2-4-6-18)19-11-13-25(14-12-19)21(26)16-7-10-20(22-15-16)23-17-8-9-17/h2-7,10,15,17,19H,8-9,11-14H2,1H3,(H,22,23). The van der Waals surface area contributed by atoms with Gasteiger partial charge in [0.05, 0.1) is 5.56 Å². The van der Waals surface area contributed by atoms with E-state index in [1.54, 1.807) is 6.20 Å². The molecule has 1 saturated carbocycles. The lowest BCUT2D eigenvalue weighted by Gasteiger charge is -2.37. The summed E-state index contributed by atoms with van der Waals surface area (Å²) < 4.78 is 0. The number of benzene rings is 1. The van der Waals surface area contributed by atoms with Crippen molar-refractivity contribution in [1.29, 1.82) is 0 Å². The number of amides is 1. The third kappa shape index (κ3) is 3.82. The van der Waals surface area contributed by atoms with Gasteiger partial charge in [0, 0.05) is 44.1 Å². The summed E-state index contributed by atoms with van der Waals surface area (Å²) in [7, 11) is 2.15. The van der Waals surface area contributed by atoms with Crippen LogP contribution >= 0.6 is 0 Å². The number of carbonyl (C=O) groups is 1. The SMILES string of the molecule is CN(c1ccccc1)C1CCN(C(=O)c2ccc(NC3CC3)nc2)CC1. The summed E-state index contributed by atoms with van der Waals surface area (Å²) in [5.74, 6) is 0.962. The van der Waals surface area contributed by atoms with Crippen LogP contribution in [0.4, 0.5) is 11.5 Å². The van der Waals surface area contributed by atoms with Crippen molar-refractivity contribution in [2.24, 2.45) is 0 Å². The number of anilines is 2. The van der Waals surface area contributed by atoms with Gasteiger partial charge < -0.3 is 15.1 Å². The first-order valence-corrected chi connectivity index (χ1v) is 9.50. The number of nitrogens with zero attached hydrogens (tertiary/aromatic N) is 3. The van der Waals surface area contributed by atoms with Crippen LogP contribution in [0.25, 0.3) is 0 Å². The average molecular weight is 350 g/mol. The molecule has 1 saturated heterocycles. The lowest BCUT2D eigenvalue weighted by molar-refractivity contribution is 0.0713. The highest BCUT2D eigenvalue weighted by Gasteiger charge is 2.26. The monoisotopic (exact) mass is 350 g/mol. The maximum absolute atomic E-state index is 12.7. The van der Waals surface area contributed by atoms with Crippen molar-refractivity contribution in [1.82, 2.24) is 9.88 Å². The first kappa shape index (κ1) is 16.9. The molecule has 1 amide bonds. The Hall–Kier alpha value is -2.56. The van der Waals surface area contributed by atoms with Crippen LogP contribution < -0.4 is 10.2 Å². The molecule has 136 valence electrons. The summed E-state index contributed by atoms with van der Waals surface area (Å²) in [6, 6.07) is 15.3. The van der Waals surface area contributed by atoms with Gasteiger partial charge >= 0.3 is 0 Å². The van der Waals surface area contributed by atoms with Crippen LogP contribution in [0.1, 0.15) is 36.0 Å². The van der Waals surface area contributed by atoms with Crippen LogP contribution in [0, 0.1) is 0 Å². The summed E-state index contributed by atoms with van der Waals surface area (Å²) >= 11 is 0. The lowest BCUT2D eigenvalue weighted by atomic mass is 10.0. The average Bonchev–Trinajstić information content (AvgIpc) is 3.52. The molecule has 0 atom stereocenters. The molecule has 26 heavy (non-hydrogen) atoms. The van der Waals surface area contributed by atoms with E-state index in [4.69, 9.17) is 0 Å². The Kier molecular flexibility index (Phi) is 4.78. The van der Waals surface area contributed by atoms with Crippen molar-refractivity contribution in [3.8, 4) is 0 Å². The highest BCUT2D eigenvalue weighted by Crippen LogP contribution is 2.25. The van der Waals surface area contributed by atoms with Crippen molar-refractivity contribution in [3.63, 3.8) is 0 Å². The third-order valence-corrected chi connectivity index (χ3v) is 5.40. The van der Waals surface area contributed by atoms with E-state index in [0.717, 1.165) is 31.7 Å². The largest absolute Gasteiger partial charge is 0.371 e. The van der Waals surface area contributed by atoms with E-state index < -0.39 is 0 Å². The molecule has 2 heterocycles. The number of piperidine rings is 1. The Bertz CT molecular complexity index is 734. The normalized spacial score (nSPS) is 17.8. The smallest absolute Gasteiger partial charge is 0.255 e. The molecule has 0 spiro atoms. The molecule has 5 nitrogen and oxygen atoms in total. The second kappa shape index (κ2) is 7.36. The van der Waals surface area contributed by atoms with E-state index in [0.29, 0.717) is 17.6 Å². The van der Waals surface area contributed by atoms with E-state index in [1.165, 1.54) is 18.5 Å². The quantitative estimate of drug-likeness (QED) is 0.898. The predicted octanol–water partition coefficient (Wildman–Crippen LogP) is 3.40. The van der Waals surface area contributed by atoms with Gasteiger partial charge in [0.1, 0.15) is 5.82 Å². The molecule has 2 fully saturated rings. The zero-order valence-corrected chi connectivity index (χ0v) is 15.3. The van der Waals surface area contributed by atoms with Crippen molar-refractivity contribution < 1.29 is 4.79 Å². The molecule has 1 aromatic carbocycles. The Morgan fingerprint density at radius 3 is 2.42 bits per heavy atom. The number of rotatable bonds is 5. The molecule has 1 aliphatic heterocycles. The van der Waals surface area contributed by atoms with E-state index >= 15 is 0 Å². The van der Waals surface area contributed by atoms with Crippen molar-refractivity contribution in [2.75, 3.05) is 30.4 Å². The van der Waals surface area contributed by atoms with Crippen LogP contribution in [0.2, 0.25) is 0 Å². The van der Waals surface area contributed by atoms with Gasteiger partial charge in [-0.05, 0) is 49.9 Å². The molecule has 0 bridgehead atoms. The van der Waals surface area contributed by atoms with Crippen LogP contribution in [-0.4, -0.2) is 48.0 Å². The molecule has 4 rings (SSSR count). The first-order chi connectivity index (χ1) is 12.7. The summed E-state index contributed by atoms with van der Waals surface area (Å²) in [5, 5.41) is 3.35. The fraction of sp³-hybridized carbons (Fsp3) is 0.429. The zero-order valence-electron chi connectivity index (χ0n) is 15.3. The number of para-hydroxylation sites is 1. The lowest BCUT2D eigenvalue weighted by Crippen LogP contribution is -2.45. The van der Waals surface area contributed by atoms with Crippen molar-refractivity contribution >= 4 is 17.4 Å². The molecule has 1 aromatic heterocycles. The maximum Gasteiger partial charge on any atom is 0.255 e. The Labute approximate surface area is 155 Å². The van der Waals surface area contributed by atoms with Crippen LogP contribution in [0.5, 0.6) is 0 Å². The molecule has 1 N–H and O–H groups in total. The van der Waals surface area contributed by atoms with Gasteiger partial charge in [0.15, 0.2) is 0 Å². The number of hydrogen-bond acceptors (Lipinski definition) is 4. The minimum atomic E-state index is 0.0938. The van der Waals surface area contributed by atoms with Crippen molar-refractivity contribution in [2.45, 2.75) is 37.8 Å². The number of aromatic nitrogens is 1. The van der Waals surface area contributed by atoms with Gasteiger partial charge in [-0.1, -0.05) is 18.2 Å². The molecule has 0 unspecified atom stereocenters. The van der Waals surface area contributed by atoms with Gasteiger partial charge in [-0.15, -0.1) is 0 Å². The predicted molar refractivity (Wildman–Crippen MR) is 105 cm³/mol. The van der Waals surface area contributed by atoms with E-state index in [1.807, 2.05) is 23.1 Å². The van der Waals surface area contributed by atoms with E-state index in [9.17, 15) is 4.79 Å². The topological polar surface area (TPSA) is 48.5 Å². The van der Waals surface area contributed by atoms with Crippen LogP contribution in [0.3, 0.4) is 0 Å². The van der Waals surface area contributed by atoms with E-state index in [-0.39, 0.29) is 5.91 Å². The number of nitrogens with one attached hydrogen (secondary N) is 1. The minimum absolute atomic E-state index is 0.0938. The Morgan fingerprint density at radius 1 is 1.08 bits per heavy atom. The highest BCUT2D eigenvalue weighted by atomic mass is 16.2. The summed E-state index contributed by atoms with van der Waals surface area (Å²) in [6.45, 7) is 1.59. The summed E-state index contributed by atoms with van der Waals surface area (Å²) in [5.41, 5.74) is 1.92. The van der Waals surface area contributed by atoms with E-state index in [2.05, 4.69) is 46.5 Å². The molecule has 2 aliphatic rings. The third-order valence-electron chi connectivity index (χ3n) is 5.40. The van der Waals surface area contributed by atoms with Gasteiger partial charge in [0.25, 0.3) is 5.91 Å². The number of hydrogen-bond donors (Lipinski definition) is 1. The second-order valence-electron chi connectivity index (χ2n) is 7.32. The first-order valence-electron chi connectivity index (χ1n) is 9.50. The summed E-state index contributed by atoms with van der Waals surface area (Å²) in [4.78, 5) is 21.4. The molecule has 1 aliphatic carbocycles. The van der Waals surface area contributed by atoms with Gasteiger partial charge in [-0.25, -0.2) is 4.98 Å². The maximum atomic E-state index is 12.7. The molecular weight excluding hydrogens is 324 g/mol. The Balaban J connectivity index is 1.33. The fourth-order valence-corrected chi connectivity index (χ4v) is 3.56. The molecule has 0 radical (unpaired) electrons. The number of pyridine rings is 1. The molecular formula is C21H26N4O. The molecule has 2 aromatic rings. The van der Waals surface area contributed by atoms with Gasteiger partial charge in [0.2, 0.25) is 0 Å². The van der Waals surface area contributed by atoms with Crippen LogP contribution in [0.15, 0.2) is 48.7 Å². The second-order valence-corrected chi connectivity index (χ2v) is 7.32. The number of carbonyl (C=O) groups excluding carboxylic acids is 1. The Morgan fingerprint density at radius 2 is 1.81 bits per heavy atom. The van der Waals surface area contributed by atoms with Gasteiger partial charge in [-0.3, -0.25) is 4.79 Å². The zero-order chi connectivity index (χ0) is 17.9. The van der Waals surface area contributed by atoms with Crippen LogP contribution in [-0.2, 0) is 0 Å². The highest BCUT2D eigenvalue weighted by molar-refractivity contribution is 5.94. The van der Waals surface area contributed by atoms with Gasteiger partial charge in [-0.2, -0.15) is 0 Å². The van der Waals surface area contributed by atoms with Crippen molar-refractivity contribution in [3.05, 3.63) is 54.2 Å².